The molecule has 0 bridgehead atoms. The number of carboxylic acid groups (broad SMARTS) is 1. The Morgan fingerprint density at radius 1 is 1.25 bits per heavy atom. The second-order valence-electron chi connectivity index (χ2n) is 5.63. The van der Waals surface area contributed by atoms with Crippen molar-refractivity contribution in [3.63, 3.8) is 0 Å². The molecule has 0 aliphatic carbocycles. The van der Waals surface area contributed by atoms with Gasteiger partial charge in [0.15, 0.2) is 0 Å². The van der Waals surface area contributed by atoms with Gasteiger partial charge in [-0.05, 0) is 47.5 Å². The molecule has 0 radical (unpaired) electrons. The van der Waals surface area contributed by atoms with E-state index in [1.807, 2.05) is 5.06 Å². The van der Waals surface area contributed by atoms with Crippen LogP contribution in [0.4, 0.5) is 0 Å². The summed E-state index contributed by atoms with van der Waals surface area (Å²) in [5, 5.41) is 10.6. The first-order chi connectivity index (χ1) is 7.17. The molecule has 16 heavy (non-hydrogen) atoms. The quantitative estimate of drug-likeness (QED) is 0.594. The van der Waals surface area contributed by atoms with E-state index in [4.69, 9.17) is 9.94 Å². The molecule has 4 nitrogen and oxygen atoms in total. The van der Waals surface area contributed by atoms with Crippen LogP contribution in [-0.4, -0.2) is 27.2 Å². The lowest BCUT2D eigenvalue weighted by molar-refractivity contribution is -0.199. The summed E-state index contributed by atoms with van der Waals surface area (Å²) in [5.74, 6) is -0.949. The van der Waals surface area contributed by atoms with Crippen molar-refractivity contribution in [2.75, 3.05) is 0 Å². The molecular weight excluding hydrogens is 206 g/mol. The maximum Gasteiger partial charge on any atom is 0.334 e. The number of hydroxylamine groups is 2. The van der Waals surface area contributed by atoms with Gasteiger partial charge in [0.2, 0.25) is 0 Å². The normalized spacial score (nSPS) is 24.4. The van der Waals surface area contributed by atoms with Gasteiger partial charge in [-0.1, -0.05) is 0 Å². The van der Waals surface area contributed by atoms with E-state index in [9.17, 15) is 4.79 Å². The Kier molecular flexibility index (Phi) is 3.33. The lowest BCUT2D eigenvalue weighted by Crippen LogP contribution is -2.47. The third kappa shape index (κ3) is 2.55. The molecule has 92 valence electrons. The largest absolute Gasteiger partial charge is 0.478 e. The van der Waals surface area contributed by atoms with E-state index in [-0.39, 0.29) is 16.7 Å². The summed E-state index contributed by atoms with van der Waals surface area (Å²) >= 11 is 0. The van der Waals surface area contributed by atoms with Crippen LogP contribution in [0.25, 0.3) is 0 Å². The van der Waals surface area contributed by atoms with Crippen molar-refractivity contribution in [3.8, 4) is 0 Å². The van der Waals surface area contributed by atoms with Crippen LogP contribution in [-0.2, 0) is 9.63 Å². The predicted molar refractivity (Wildman–Crippen MR) is 61.7 cm³/mol. The van der Waals surface area contributed by atoms with Crippen LogP contribution in [0.5, 0.6) is 0 Å². The highest BCUT2D eigenvalue weighted by Crippen LogP contribution is 2.40. The number of rotatable bonds is 3. The smallest absolute Gasteiger partial charge is 0.334 e. The molecule has 1 aliphatic rings. The molecule has 1 N–H and O–H groups in total. The molecule has 1 fully saturated rings. The van der Waals surface area contributed by atoms with E-state index in [0.717, 1.165) is 12.8 Å². The van der Waals surface area contributed by atoms with Crippen LogP contribution in [0, 0.1) is 0 Å². The van der Waals surface area contributed by atoms with Crippen LogP contribution >= 0.6 is 0 Å². The van der Waals surface area contributed by atoms with E-state index < -0.39 is 5.97 Å². The highest BCUT2D eigenvalue weighted by molar-refractivity contribution is 5.85. The van der Waals surface area contributed by atoms with Crippen molar-refractivity contribution < 1.29 is 14.7 Å². The summed E-state index contributed by atoms with van der Waals surface area (Å²) in [6.45, 7) is 9.94. The minimum Gasteiger partial charge on any atom is -0.478 e. The zero-order valence-electron chi connectivity index (χ0n) is 10.7. The Balaban J connectivity index is 2.79. The number of aliphatic carboxylic acids is 1. The first-order valence-electron chi connectivity index (χ1n) is 5.54. The zero-order valence-corrected chi connectivity index (χ0v) is 10.7. The standard InChI is InChI=1S/C12H21NO3/c1-9(10(14)15)8-16-13-11(2,3)6-7-12(13,4)5/h8H,6-7H2,1-5H3,(H,14,15). The average Bonchev–Trinajstić information content (AvgIpc) is 2.33. The van der Waals surface area contributed by atoms with E-state index in [0.29, 0.717) is 0 Å². The lowest BCUT2D eigenvalue weighted by Gasteiger charge is -2.37. The summed E-state index contributed by atoms with van der Waals surface area (Å²) in [5.41, 5.74) is 0.0934. The summed E-state index contributed by atoms with van der Waals surface area (Å²) in [4.78, 5) is 16.2. The molecule has 4 heteroatoms. The van der Waals surface area contributed by atoms with Crippen LogP contribution in [0.3, 0.4) is 0 Å². The molecule has 1 aliphatic heterocycles. The van der Waals surface area contributed by atoms with E-state index in [1.54, 1.807) is 0 Å². The minimum absolute atomic E-state index is 0.0568. The topological polar surface area (TPSA) is 49.8 Å². The van der Waals surface area contributed by atoms with Gasteiger partial charge in [-0.2, -0.15) is 0 Å². The molecule has 1 heterocycles. The Morgan fingerprint density at radius 2 is 1.69 bits per heavy atom. The van der Waals surface area contributed by atoms with Gasteiger partial charge in [-0.15, -0.1) is 5.06 Å². The Bertz CT molecular complexity index is 302. The van der Waals surface area contributed by atoms with E-state index >= 15 is 0 Å². The van der Waals surface area contributed by atoms with Gasteiger partial charge >= 0.3 is 5.97 Å². The van der Waals surface area contributed by atoms with Crippen LogP contribution < -0.4 is 0 Å². The molecule has 0 atom stereocenters. The monoisotopic (exact) mass is 227 g/mol. The molecular formula is C12H21NO3. The van der Waals surface area contributed by atoms with Crippen molar-refractivity contribution >= 4 is 5.97 Å². The van der Waals surface area contributed by atoms with Gasteiger partial charge in [-0.25, -0.2) is 4.79 Å². The first-order valence-corrected chi connectivity index (χ1v) is 5.54. The van der Waals surface area contributed by atoms with Crippen molar-refractivity contribution in [2.24, 2.45) is 0 Å². The van der Waals surface area contributed by atoms with Crippen molar-refractivity contribution in [2.45, 2.75) is 58.5 Å². The highest BCUT2D eigenvalue weighted by Gasteiger charge is 2.46. The second-order valence-corrected chi connectivity index (χ2v) is 5.63. The highest BCUT2D eigenvalue weighted by atomic mass is 16.7. The fourth-order valence-corrected chi connectivity index (χ4v) is 2.10. The maximum absolute atomic E-state index is 10.7. The van der Waals surface area contributed by atoms with Crippen LogP contribution in [0.2, 0.25) is 0 Å². The van der Waals surface area contributed by atoms with Crippen LogP contribution in [0.15, 0.2) is 11.8 Å². The fraction of sp³-hybridized carbons (Fsp3) is 0.750. The lowest BCUT2D eigenvalue weighted by atomic mass is 10.0. The molecule has 0 aromatic rings. The first kappa shape index (κ1) is 13.0. The molecule has 1 rings (SSSR count). The van der Waals surface area contributed by atoms with Crippen molar-refractivity contribution in [1.82, 2.24) is 5.06 Å². The average molecular weight is 227 g/mol. The Labute approximate surface area is 96.8 Å². The van der Waals surface area contributed by atoms with Gasteiger partial charge in [0.25, 0.3) is 0 Å². The van der Waals surface area contributed by atoms with Gasteiger partial charge in [0.1, 0.15) is 6.26 Å². The SMILES string of the molecule is CC(=CON1C(C)(C)CCC1(C)C)C(=O)O. The number of carbonyl (C=O) groups is 1. The number of hydrogen-bond acceptors (Lipinski definition) is 3. The third-order valence-electron chi connectivity index (χ3n) is 3.12. The molecule has 0 unspecified atom stereocenters. The van der Waals surface area contributed by atoms with Gasteiger partial charge < -0.3 is 9.94 Å². The molecule has 1 saturated heterocycles. The molecule has 0 spiro atoms. The number of nitrogens with zero attached hydrogens (tertiary/aromatic N) is 1. The summed E-state index contributed by atoms with van der Waals surface area (Å²) in [6.07, 6.45) is 3.40. The van der Waals surface area contributed by atoms with Crippen molar-refractivity contribution in [1.29, 1.82) is 0 Å². The predicted octanol–water partition coefficient (Wildman–Crippen LogP) is 2.56. The van der Waals surface area contributed by atoms with Crippen LogP contribution in [0.1, 0.15) is 47.5 Å². The number of carboxylic acids is 1. The summed E-state index contributed by atoms with van der Waals surface area (Å²) in [6, 6.07) is 0. The minimum atomic E-state index is -0.949. The number of hydrogen-bond donors (Lipinski definition) is 1. The van der Waals surface area contributed by atoms with Gasteiger partial charge in [0, 0.05) is 0 Å². The molecule has 0 aromatic carbocycles. The maximum atomic E-state index is 10.7. The van der Waals surface area contributed by atoms with E-state index in [1.165, 1.54) is 13.2 Å². The Hall–Kier alpha value is -1.03. The van der Waals surface area contributed by atoms with Gasteiger partial charge in [-0.3, -0.25) is 0 Å². The molecule has 0 aromatic heterocycles. The van der Waals surface area contributed by atoms with E-state index in [2.05, 4.69) is 27.7 Å². The second kappa shape index (κ2) is 4.09. The summed E-state index contributed by atoms with van der Waals surface area (Å²) < 4.78 is 0. The third-order valence-corrected chi connectivity index (χ3v) is 3.12. The zero-order chi connectivity index (χ0) is 12.6. The van der Waals surface area contributed by atoms with Crippen molar-refractivity contribution in [3.05, 3.63) is 11.8 Å². The molecule has 0 amide bonds. The Morgan fingerprint density at radius 3 is 2.06 bits per heavy atom. The molecule has 0 saturated carbocycles. The van der Waals surface area contributed by atoms with Gasteiger partial charge in [0.05, 0.1) is 16.7 Å². The fourth-order valence-electron chi connectivity index (χ4n) is 2.10. The summed E-state index contributed by atoms with van der Waals surface area (Å²) in [7, 11) is 0.